The minimum absolute atomic E-state index is 0.752. The zero-order valence-electron chi connectivity index (χ0n) is 13.9. The smallest absolute Gasteiger partial charge is 0.0995 e. The third kappa shape index (κ3) is 3.92. The predicted octanol–water partition coefficient (Wildman–Crippen LogP) is 4.10. The highest BCUT2D eigenvalue weighted by molar-refractivity contribution is 5.37. The topological polar surface area (TPSA) is 32.0 Å². The minimum atomic E-state index is 0.752. The number of nitriles is 1. The third-order valence-corrected chi connectivity index (χ3v) is 4.22. The van der Waals surface area contributed by atoms with Gasteiger partial charge in [0.15, 0.2) is 0 Å². The summed E-state index contributed by atoms with van der Waals surface area (Å²) in [6.45, 7) is 2.45. The molecule has 0 saturated carbocycles. The first kappa shape index (κ1) is 16.0. The summed E-state index contributed by atoms with van der Waals surface area (Å²) in [4.78, 5) is 2.38. The average Bonchev–Trinajstić information content (AvgIpc) is 3.01. The number of aryl methyl sites for hydroxylation is 1. The largest absolute Gasteiger partial charge is 0.353 e. The molecule has 0 spiro atoms. The summed E-state index contributed by atoms with van der Waals surface area (Å²) < 4.78 is 2.15. The molecular weight excluding hydrogens is 294 g/mol. The van der Waals surface area contributed by atoms with Crippen molar-refractivity contribution in [2.75, 3.05) is 0 Å². The molecule has 0 atom stereocenters. The van der Waals surface area contributed by atoms with Gasteiger partial charge < -0.3 is 4.57 Å². The van der Waals surface area contributed by atoms with Crippen LogP contribution in [-0.2, 0) is 26.7 Å². The normalized spacial score (nSPS) is 10.7. The summed E-state index contributed by atoms with van der Waals surface area (Å²) in [6, 6.07) is 24.8. The van der Waals surface area contributed by atoms with E-state index in [1.54, 1.807) is 0 Å². The number of rotatable bonds is 6. The van der Waals surface area contributed by atoms with E-state index in [2.05, 4.69) is 65.2 Å². The van der Waals surface area contributed by atoms with Crippen molar-refractivity contribution in [2.45, 2.75) is 19.6 Å². The minimum Gasteiger partial charge on any atom is -0.353 e. The van der Waals surface area contributed by atoms with Gasteiger partial charge in [-0.25, -0.2) is 0 Å². The van der Waals surface area contributed by atoms with Crippen LogP contribution in [0.3, 0.4) is 0 Å². The standard InChI is InChI=1S/C21H21N3/c1-23-13-7-12-21(23)17-24(15-18-8-3-2-4-9-18)16-20-11-6-5-10-19(20)14-22/h2-13H,15-17H2,1H3. The van der Waals surface area contributed by atoms with E-state index >= 15 is 0 Å². The number of hydrogen-bond donors (Lipinski definition) is 0. The molecule has 0 aliphatic carbocycles. The molecule has 0 aliphatic rings. The second-order valence-corrected chi connectivity index (χ2v) is 6.01. The zero-order chi connectivity index (χ0) is 16.8. The Hall–Kier alpha value is -2.83. The van der Waals surface area contributed by atoms with Crippen molar-refractivity contribution < 1.29 is 0 Å². The van der Waals surface area contributed by atoms with Crippen molar-refractivity contribution in [1.82, 2.24) is 9.47 Å². The van der Waals surface area contributed by atoms with Gasteiger partial charge in [-0.3, -0.25) is 4.90 Å². The van der Waals surface area contributed by atoms with Crippen molar-refractivity contribution in [3.05, 3.63) is 95.3 Å². The van der Waals surface area contributed by atoms with E-state index in [1.165, 1.54) is 11.3 Å². The molecule has 0 unspecified atom stereocenters. The van der Waals surface area contributed by atoms with Crippen LogP contribution >= 0.6 is 0 Å². The molecule has 0 fully saturated rings. The van der Waals surface area contributed by atoms with Crippen LogP contribution in [-0.4, -0.2) is 9.47 Å². The Kier molecular flexibility index (Phi) is 5.10. The van der Waals surface area contributed by atoms with Crippen LogP contribution in [0.4, 0.5) is 0 Å². The predicted molar refractivity (Wildman–Crippen MR) is 96.0 cm³/mol. The summed E-state index contributed by atoms with van der Waals surface area (Å²) in [7, 11) is 2.07. The van der Waals surface area contributed by atoms with Crippen LogP contribution in [0.2, 0.25) is 0 Å². The van der Waals surface area contributed by atoms with Crippen LogP contribution in [0.15, 0.2) is 72.9 Å². The molecular formula is C21H21N3. The zero-order valence-corrected chi connectivity index (χ0v) is 13.9. The molecule has 0 amide bonds. The molecule has 1 aromatic heterocycles. The van der Waals surface area contributed by atoms with Crippen molar-refractivity contribution in [3.8, 4) is 6.07 Å². The summed E-state index contributed by atoms with van der Waals surface area (Å²) in [6.07, 6.45) is 2.07. The van der Waals surface area contributed by atoms with E-state index in [9.17, 15) is 5.26 Å². The fourth-order valence-corrected chi connectivity index (χ4v) is 2.91. The van der Waals surface area contributed by atoms with Crippen molar-refractivity contribution in [1.29, 1.82) is 5.26 Å². The fourth-order valence-electron chi connectivity index (χ4n) is 2.91. The first-order valence-electron chi connectivity index (χ1n) is 8.11. The molecule has 2 aromatic carbocycles. The van der Waals surface area contributed by atoms with Gasteiger partial charge >= 0.3 is 0 Å². The molecule has 0 aliphatic heterocycles. The number of aromatic nitrogens is 1. The number of hydrogen-bond acceptors (Lipinski definition) is 2. The lowest BCUT2D eigenvalue weighted by molar-refractivity contribution is 0.242. The van der Waals surface area contributed by atoms with Gasteiger partial charge in [0.25, 0.3) is 0 Å². The van der Waals surface area contributed by atoms with E-state index in [1.807, 2.05) is 30.3 Å². The lowest BCUT2D eigenvalue weighted by atomic mass is 10.1. The Morgan fingerprint density at radius 2 is 1.62 bits per heavy atom. The summed E-state index contributed by atoms with van der Waals surface area (Å²) in [5.41, 5.74) is 4.37. The highest BCUT2D eigenvalue weighted by Gasteiger charge is 2.12. The Morgan fingerprint density at radius 1 is 0.875 bits per heavy atom. The highest BCUT2D eigenvalue weighted by Crippen LogP contribution is 2.16. The quantitative estimate of drug-likeness (QED) is 0.686. The highest BCUT2D eigenvalue weighted by atomic mass is 15.1. The molecule has 1 heterocycles. The van der Waals surface area contributed by atoms with Crippen molar-refractivity contribution in [2.24, 2.45) is 7.05 Å². The second-order valence-electron chi connectivity index (χ2n) is 6.01. The van der Waals surface area contributed by atoms with E-state index in [-0.39, 0.29) is 0 Å². The molecule has 0 saturated heterocycles. The summed E-state index contributed by atoms with van der Waals surface area (Å²) in [5, 5.41) is 9.35. The van der Waals surface area contributed by atoms with E-state index in [4.69, 9.17) is 0 Å². The molecule has 24 heavy (non-hydrogen) atoms. The SMILES string of the molecule is Cn1cccc1CN(Cc1ccccc1)Cc1ccccc1C#N. The van der Waals surface area contributed by atoms with E-state index in [0.717, 1.165) is 30.8 Å². The van der Waals surface area contributed by atoms with E-state index in [0.29, 0.717) is 0 Å². The summed E-state index contributed by atoms with van der Waals surface area (Å²) >= 11 is 0. The Morgan fingerprint density at radius 3 is 2.33 bits per heavy atom. The number of nitrogens with zero attached hydrogens (tertiary/aromatic N) is 3. The molecule has 0 bridgehead atoms. The maximum atomic E-state index is 9.35. The lowest BCUT2D eigenvalue weighted by Crippen LogP contribution is -2.24. The number of benzene rings is 2. The molecule has 0 N–H and O–H groups in total. The molecule has 3 aromatic rings. The fraction of sp³-hybridized carbons (Fsp3) is 0.190. The van der Waals surface area contributed by atoms with Crippen molar-refractivity contribution >= 4 is 0 Å². The van der Waals surface area contributed by atoms with Crippen LogP contribution in [0.25, 0.3) is 0 Å². The molecule has 3 nitrogen and oxygen atoms in total. The lowest BCUT2D eigenvalue weighted by Gasteiger charge is -2.23. The summed E-state index contributed by atoms with van der Waals surface area (Å²) in [5.74, 6) is 0. The first-order valence-corrected chi connectivity index (χ1v) is 8.11. The monoisotopic (exact) mass is 315 g/mol. The maximum absolute atomic E-state index is 9.35. The Balaban J connectivity index is 1.84. The van der Waals surface area contributed by atoms with Crippen molar-refractivity contribution in [3.63, 3.8) is 0 Å². The molecule has 0 radical (unpaired) electrons. The van der Waals surface area contributed by atoms with Gasteiger partial charge in [-0.15, -0.1) is 0 Å². The third-order valence-electron chi connectivity index (χ3n) is 4.22. The van der Waals surface area contributed by atoms with E-state index < -0.39 is 0 Å². The van der Waals surface area contributed by atoms with Crippen LogP contribution < -0.4 is 0 Å². The Labute approximate surface area is 143 Å². The molecule has 3 heteroatoms. The second kappa shape index (κ2) is 7.63. The van der Waals surface area contributed by atoms with Crippen LogP contribution in [0.1, 0.15) is 22.4 Å². The van der Waals surface area contributed by atoms with Gasteiger partial charge in [0.2, 0.25) is 0 Å². The van der Waals surface area contributed by atoms with Gasteiger partial charge in [-0.05, 0) is 29.3 Å². The molecule has 120 valence electrons. The van der Waals surface area contributed by atoms with Gasteiger partial charge in [-0.2, -0.15) is 5.26 Å². The van der Waals surface area contributed by atoms with Crippen LogP contribution in [0, 0.1) is 11.3 Å². The average molecular weight is 315 g/mol. The Bertz CT molecular complexity index is 828. The maximum Gasteiger partial charge on any atom is 0.0995 e. The van der Waals surface area contributed by atoms with Gasteiger partial charge in [0, 0.05) is 38.6 Å². The van der Waals surface area contributed by atoms with Gasteiger partial charge in [-0.1, -0.05) is 48.5 Å². The molecule has 3 rings (SSSR count). The first-order chi connectivity index (χ1) is 11.8. The van der Waals surface area contributed by atoms with Gasteiger partial charge in [0.05, 0.1) is 11.6 Å². The van der Waals surface area contributed by atoms with Crippen LogP contribution in [0.5, 0.6) is 0 Å². The van der Waals surface area contributed by atoms with Gasteiger partial charge in [0.1, 0.15) is 0 Å².